The lowest BCUT2D eigenvalue weighted by atomic mass is 9.48. The summed E-state index contributed by atoms with van der Waals surface area (Å²) in [6.07, 6.45) is 8.98. The minimum Gasteiger partial charge on any atom is -0.308 e. The lowest BCUT2D eigenvalue weighted by Gasteiger charge is -2.56. The highest BCUT2D eigenvalue weighted by Gasteiger charge is 2.54. The highest BCUT2D eigenvalue weighted by Crippen LogP contribution is 2.60. The SMILES string of the molecule is CCCNC(C)C(=O)C12CC3CC(CC(C3)C1)C2. The Morgan fingerprint density at radius 3 is 2.11 bits per heavy atom. The number of carbonyl (C=O) groups is 1. The molecule has 1 atom stereocenters. The van der Waals surface area contributed by atoms with Crippen molar-refractivity contribution in [2.75, 3.05) is 6.54 Å². The van der Waals surface area contributed by atoms with Crippen molar-refractivity contribution in [2.45, 2.75) is 64.8 Å². The fourth-order valence-corrected chi connectivity index (χ4v) is 5.33. The molecule has 0 amide bonds. The first-order valence-electron chi connectivity index (χ1n) is 7.90. The summed E-state index contributed by atoms with van der Waals surface area (Å²) in [4.78, 5) is 12.8. The van der Waals surface area contributed by atoms with E-state index in [1.54, 1.807) is 0 Å². The van der Waals surface area contributed by atoms with Gasteiger partial charge in [0.2, 0.25) is 0 Å². The van der Waals surface area contributed by atoms with E-state index in [9.17, 15) is 4.79 Å². The van der Waals surface area contributed by atoms with Gasteiger partial charge in [0.05, 0.1) is 6.04 Å². The van der Waals surface area contributed by atoms with E-state index in [-0.39, 0.29) is 11.5 Å². The van der Waals surface area contributed by atoms with Crippen LogP contribution in [0.1, 0.15) is 58.8 Å². The molecule has 18 heavy (non-hydrogen) atoms. The maximum Gasteiger partial charge on any atom is 0.155 e. The molecule has 4 aliphatic carbocycles. The quantitative estimate of drug-likeness (QED) is 0.811. The van der Waals surface area contributed by atoms with Crippen LogP contribution in [-0.2, 0) is 4.79 Å². The van der Waals surface area contributed by atoms with Crippen molar-refractivity contribution in [3.8, 4) is 0 Å². The largest absolute Gasteiger partial charge is 0.308 e. The number of hydrogen-bond donors (Lipinski definition) is 1. The Labute approximate surface area is 111 Å². The molecule has 0 heterocycles. The first-order valence-corrected chi connectivity index (χ1v) is 7.90. The van der Waals surface area contributed by atoms with Gasteiger partial charge >= 0.3 is 0 Å². The van der Waals surface area contributed by atoms with Crippen LogP contribution in [0.25, 0.3) is 0 Å². The van der Waals surface area contributed by atoms with Gasteiger partial charge < -0.3 is 5.32 Å². The Hall–Kier alpha value is -0.370. The van der Waals surface area contributed by atoms with Crippen molar-refractivity contribution in [1.29, 1.82) is 0 Å². The summed E-state index contributed by atoms with van der Waals surface area (Å²) in [6.45, 7) is 5.21. The van der Waals surface area contributed by atoms with Crippen LogP contribution in [-0.4, -0.2) is 18.4 Å². The normalized spacial score (nSPS) is 43.1. The summed E-state index contributed by atoms with van der Waals surface area (Å²) in [5, 5.41) is 3.41. The molecule has 102 valence electrons. The maximum atomic E-state index is 12.8. The van der Waals surface area contributed by atoms with Gasteiger partial charge in [-0.25, -0.2) is 0 Å². The van der Waals surface area contributed by atoms with Gasteiger partial charge in [0.25, 0.3) is 0 Å². The smallest absolute Gasteiger partial charge is 0.155 e. The van der Waals surface area contributed by atoms with Crippen LogP contribution in [0.5, 0.6) is 0 Å². The fourth-order valence-electron chi connectivity index (χ4n) is 5.33. The molecule has 0 spiro atoms. The van der Waals surface area contributed by atoms with Gasteiger partial charge in [0.1, 0.15) is 0 Å². The van der Waals surface area contributed by atoms with E-state index in [4.69, 9.17) is 0 Å². The molecule has 0 aromatic rings. The Bertz CT molecular complexity index is 301. The van der Waals surface area contributed by atoms with Crippen molar-refractivity contribution in [3.63, 3.8) is 0 Å². The topological polar surface area (TPSA) is 29.1 Å². The van der Waals surface area contributed by atoms with Crippen LogP contribution >= 0.6 is 0 Å². The van der Waals surface area contributed by atoms with Gasteiger partial charge in [-0.15, -0.1) is 0 Å². The van der Waals surface area contributed by atoms with Crippen molar-refractivity contribution in [2.24, 2.45) is 23.2 Å². The number of carbonyl (C=O) groups excluding carboxylic acids is 1. The summed E-state index contributed by atoms with van der Waals surface area (Å²) in [7, 11) is 0. The molecule has 1 N–H and O–H groups in total. The third-order valence-corrected chi connectivity index (χ3v) is 5.65. The van der Waals surface area contributed by atoms with Gasteiger partial charge in [-0.05, 0) is 76.2 Å². The number of nitrogens with one attached hydrogen (secondary N) is 1. The molecule has 0 radical (unpaired) electrons. The lowest BCUT2D eigenvalue weighted by Crippen LogP contribution is -2.54. The fraction of sp³-hybridized carbons (Fsp3) is 0.938. The minimum atomic E-state index is 0.0706. The van der Waals surface area contributed by atoms with Crippen LogP contribution in [0.2, 0.25) is 0 Å². The zero-order chi connectivity index (χ0) is 12.8. The second kappa shape index (κ2) is 4.63. The van der Waals surface area contributed by atoms with E-state index >= 15 is 0 Å². The Kier molecular flexibility index (Phi) is 3.25. The molecule has 0 aliphatic heterocycles. The standard InChI is InChI=1S/C16H27NO/c1-3-4-17-11(2)15(18)16-8-12-5-13(9-16)7-14(6-12)10-16/h11-14,17H,3-10H2,1-2H3. The van der Waals surface area contributed by atoms with Gasteiger partial charge in [-0.2, -0.15) is 0 Å². The number of ketones is 1. The van der Waals surface area contributed by atoms with Crippen LogP contribution in [0.3, 0.4) is 0 Å². The van der Waals surface area contributed by atoms with Crippen LogP contribution in [0.4, 0.5) is 0 Å². The number of rotatable bonds is 5. The summed E-state index contributed by atoms with van der Waals surface area (Å²) >= 11 is 0. The summed E-state index contributed by atoms with van der Waals surface area (Å²) < 4.78 is 0. The molecule has 0 saturated heterocycles. The first kappa shape index (κ1) is 12.7. The zero-order valence-corrected chi connectivity index (χ0v) is 11.9. The molecule has 4 aliphatic rings. The minimum absolute atomic E-state index is 0.0706. The summed E-state index contributed by atoms with van der Waals surface area (Å²) in [5.41, 5.74) is 0.0783. The van der Waals surface area contributed by atoms with Crippen LogP contribution in [0.15, 0.2) is 0 Å². The van der Waals surface area contributed by atoms with E-state index < -0.39 is 0 Å². The highest BCUT2D eigenvalue weighted by molar-refractivity contribution is 5.89. The third-order valence-electron chi connectivity index (χ3n) is 5.65. The molecule has 2 heteroatoms. The highest BCUT2D eigenvalue weighted by atomic mass is 16.1. The molecule has 4 fully saturated rings. The molecular formula is C16H27NO. The molecule has 4 rings (SSSR count). The molecular weight excluding hydrogens is 222 g/mol. The molecule has 2 nitrogen and oxygen atoms in total. The van der Waals surface area contributed by atoms with E-state index in [1.807, 2.05) is 0 Å². The zero-order valence-electron chi connectivity index (χ0n) is 11.9. The third kappa shape index (κ3) is 2.03. The van der Waals surface area contributed by atoms with Gasteiger partial charge in [0, 0.05) is 5.41 Å². The Balaban J connectivity index is 1.72. The lowest BCUT2D eigenvalue weighted by molar-refractivity contribution is -0.145. The number of hydrogen-bond acceptors (Lipinski definition) is 2. The van der Waals surface area contributed by atoms with Crippen molar-refractivity contribution in [1.82, 2.24) is 5.32 Å². The van der Waals surface area contributed by atoms with E-state index in [0.717, 1.165) is 30.7 Å². The molecule has 4 saturated carbocycles. The molecule has 4 bridgehead atoms. The Morgan fingerprint density at radius 2 is 1.67 bits per heavy atom. The van der Waals surface area contributed by atoms with Gasteiger partial charge in [0.15, 0.2) is 5.78 Å². The predicted octanol–water partition coefficient (Wildman–Crippen LogP) is 3.16. The van der Waals surface area contributed by atoms with Crippen LogP contribution < -0.4 is 5.32 Å². The van der Waals surface area contributed by atoms with E-state index in [2.05, 4.69) is 19.2 Å². The van der Waals surface area contributed by atoms with E-state index in [0.29, 0.717) is 5.78 Å². The second-order valence-corrected chi connectivity index (χ2v) is 7.24. The molecule has 0 aromatic heterocycles. The second-order valence-electron chi connectivity index (χ2n) is 7.24. The number of Topliss-reactive ketones (excluding diaryl/α,β-unsaturated/α-hetero) is 1. The Morgan fingerprint density at radius 1 is 1.17 bits per heavy atom. The monoisotopic (exact) mass is 249 g/mol. The average Bonchev–Trinajstić information content (AvgIpc) is 2.33. The molecule has 0 aromatic carbocycles. The summed E-state index contributed by atoms with van der Waals surface area (Å²) in [6, 6.07) is 0.0706. The molecule has 1 unspecified atom stereocenters. The maximum absolute atomic E-state index is 12.8. The van der Waals surface area contributed by atoms with Gasteiger partial charge in [-0.3, -0.25) is 4.79 Å². The van der Waals surface area contributed by atoms with Gasteiger partial charge in [-0.1, -0.05) is 6.92 Å². The van der Waals surface area contributed by atoms with Crippen molar-refractivity contribution in [3.05, 3.63) is 0 Å². The predicted molar refractivity (Wildman–Crippen MR) is 73.4 cm³/mol. The van der Waals surface area contributed by atoms with Crippen molar-refractivity contribution >= 4 is 5.78 Å². The average molecular weight is 249 g/mol. The van der Waals surface area contributed by atoms with Crippen molar-refractivity contribution < 1.29 is 4.79 Å². The van der Waals surface area contributed by atoms with Crippen LogP contribution in [0, 0.1) is 23.2 Å². The van der Waals surface area contributed by atoms with E-state index in [1.165, 1.54) is 38.5 Å². The first-order chi connectivity index (χ1) is 8.63. The summed E-state index contributed by atoms with van der Waals surface area (Å²) in [5.74, 6) is 3.16.